The zero-order chi connectivity index (χ0) is 18.8. The van der Waals surface area contributed by atoms with E-state index in [4.69, 9.17) is 0 Å². The average molecular weight is 397 g/mol. The third-order valence-corrected chi connectivity index (χ3v) is 4.84. The van der Waals surface area contributed by atoms with Gasteiger partial charge in [-0.1, -0.05) is 24.3 Å². The predicted octanol–water partition coefficient (Wildman–Crippen LogP) is 3.49. The van der Waals surface area contributed by atoms with Crippen LogP contribution in [0.5, 0.6) is 0 Å². The lowest BCUT2D eigenvalue weighted by Crippen LogP contribution is -2.43. The van der Waals surface area contributed by atoms with Crippen molar-refractivity contribution in [3.05, 3.63) is 89.3 Å². The summed E-state index contributed by atoms with van der Waals surface area (Å²) < 4.78 is 14.9. The lowest BCUT2D eigenvalue weighted by atomic mass is 10.00. The first kappa shape index (κ1) is 19.6. The first-order chi connectivity index (χ1) is 13.2. The van der Waals surface area contributed by atoms with E-state index in [1.165, 1.54) is 12.1 Å². The van der Waals surface area contributed by atoms with E-state index in [2.05, 4.69) is 11.1 Å². The monoisotopic (exact) mass is 396 g/mol. The fourth-order valence-corrected chi connectivity index (χ4v) is 3.44. The van der Waals surface area contributed by atoms with Gasteiger partial charge in [-0.2, -0.15) is 5.26 Å². The highest BCUT2D eigenvalue weighted by molar-refractivity contribution is 5.85. The van der Waals surface area contributed by atoms with Gasteiger partial charge in [-0.25, -0.2) is 9.37 Å². The molecule has 0 bridgehead atoms. The molecule has 1 atom stereocenters. The minimum absolute atomic E-state index is 0. The Balaban J connectivity index is 0.00000225. The summed E-state index contributed by atoms with van der Waals surface area (Å²) >= 11 is 0. The quantitative estimate of drug-likeness (QED) is 0.678. The van der Waals surface area contributed by atoms with Crippen LogP contribution in [0.3, 0.4) is 0 Å². The van der Waals surface area contributed by atoms with Gasteiger partial charge in [0.15, 0.2) is 0 Å². The number of nitrogens with zero attached hydrogens (tertiary/aromatic N) is 4. The number of hydrogen-bond donors (Lipinski definition) is 0. The smallest absolute Gasteiger partial charge is 0.250 e. The van der Waals surface area contributed by atoms with Crippen LogP contribution in [0.25, 0.3) is 0 Å². The maximum atomic E-state index is 13.2. The van der Waals surface area contributed by atoms with Crippen molar-refractivity contribution >= 4 is 18.3 Å². The highest BCUT2D eigenvalue weighted by Crippen LogP contribution is 2.29. The molecule has 4 rings (SSSR count). The summed E-state index contributed by atoms with van der Waals surface area (Å²) in [5.74, 6) is -0.299. The van der Waals surface area contributed by atoms with Crippen molar-refractivity contribution in [3.8, 4) is 6.07 Å². The average Bonchev–Trinajstić information content (AvgIpc) is 3.15. The number of halogens is 2. The van der Waals surface area contributed by atoms with E-state index in [1.54, 1.807) is 47.8 Å². The van der Waals surface area contributed by atoms with Crippen LogP contribution in [-0.2, 0) is 17.8 Å². The van der Waals surface area contributed by atoms with Crippen LogP contribution < -0.4 is 0 Å². The Bertz CT molecular complexity index is 1030. The van der Waals surface area contributed by atoms with Crippen molar-refractivity contribution in [2.24, 2.45) is 0 Å². The predicted molar refractivity (Wildman–Crippen MR) is 104 cm³/mol. The topological polar surface area (TPSA) is 61.9 Å². The lowest BCUT2D eigenvalue weighted by molar-refractivity contribution is -0.136. The van der Waals surface area contributed by atoms with Crippen molar-refractivity contribution in [1.29, 1.82) is 5.26 Å². The molecule has 3 aromatic rings. The summed E-state index contributed by atoms with van der Waals surface area (Å²) in [7, 11) is 0. The molecule has 2 aromatic carbocycles. The minimum Gasteiger partial charge on any atom is -0.334 e. The molecule has 1 unspecified atom stereocenters. The third-order valence-electron chi connectivity index (χ3n) is 4.84. The molecular weight excluding hydrogens is 379 g/mol. The van der Waals surface area contributed by atoms with E-state index in [9.17, 15) is 14.4 Å². The number of amides is 1. The van der Waals surface area contributed by atoms with Crippen molar-refractivity contribution in [1.82, 2.24) is 14.5 Å². The van der Waals surface area contributed by atoms with Gasteiger partial charge in [0.2, 0.25) is 0 Å². The zero-order valence-electron chi connectivity index (χ0n) is 15.0. The number of carbonyl (C=O) groups is 1. The number of hydrogen-bond acceptors (Lipinski definition) is 3. The Morgan fingerprint density at radius 1 is 1.21 bits per heavy atom. The van der Waals surface area contributed by atoms with Crippen LogP contribution >= 0.6 is 12.4 Å². The third kappa shape index (κ3) is 3.75. The van der Waals surface area contributed by atoms with Crippen molar-refractivity contribution in [2.75, 3.05) is 6.54 Å². The molecule has 0 saturated heterocycles. The SMILES string of the molecule is Cl.N#Cc1cccc(C2C(=O)N(CCc3ccc(F)cc3)Cc3cncn32)c1. The first-order valence-corrected chi connectivity index (χ1v) is 8.70. The Morgan fingerprint density at radius 2 is 2.00 bits per heavy atom. The van der Waals surface area contributed by atoms with Crippen LogP contribution in [-0.4, -0.2) is 26.9 Å². The van der Waals surface area contributed by atoms with E-state index >= 15 is 0 Å². The Kier molecular flexibility index (Phi) is 5.76. The molecule has 5 nitrogen and oxygen atoms in total. The van der Waals surface area contributed by atoms with Crippen molar-refractivity contribution < 1.29 is 9.18 Å². The molecule has 1 aliphatic rings. The summed E-state index contributed by atoms with van der Waals surface area (Å²) in [6, 6.07) is 15.0. The van der Waals surface area contributed by atoms with Crippen molar-refractivity contribution in [2.45, 2.75) is 19.0 Å². The number of aromatic nitrogens is 2. The van der Waals surface area contributed by atoms with Crippen molar-refractivity contribution in [3.63, 3.8) is 0 Å². The fourth-order valence-electron chi connectivity index (χ4n) is 3.44. The van der Waals surface area contributed by atoms with E-state index in [0.29, 0.717) is 25.1 Å². The number of rotatable bonds is 4. The van der Waals surface area contributed by atoms with Crippen LogP contribution in [0.1, 0.15) is 28.4 Å². The molecule has 1 aromatic heterocycles. The van der Waals surface area contributed by atoms with Gasteiger partial charge in [0, 0.05) is 12.7 Å². The van der Waals surface area contributed by atoms with Gasteiger partial charge in [0.25, 0.3) is 5.91 Å². The summed E-state index contributed by atoms with van der Waals surface area (Å²) in [5.41, 5.74) is 3.21. The molecule has 0 radical (unpaired) electrons. The molecule has 0 fully saturated rings. The molecular formula is C21H18ClFN4O. The van der Waals surface area contributed by atoms with Gasteiger partial charge in [-0.15, -0.1) is 12.4 Å². The number of imidazole rings is 1. The second-order valence-corrected chi connectivity index (χ2v) is 6.57. The van der Waals surface area contributed by atoms with E-state index in [0.717, 1.165) is 16.8 Å². The van der Waals surface area contributed by atoms with Gasteiger partial charge in [-0.05, 0) is 41.8 Å². The Morgan fingerprint density at radius 3 is 2.75 bits per heavy atom. The number of fused-ring (bicyclic) bond motifs is 1. The number of benzene rings is 2. The van der Waals surface area contributed by atoms with Crippen LogP contribution in [0.4, 0.5) is 4.39 Å². The summed E-state index contributed by atoms with van der Waals surface area (Å²) in [6.07, 6.45) is 4.07. The van der Waals surface area contributed by atoms with Crippen LogP contribution in [0, 0.1) is 17.1 Å². The van der Waals surface area contributed by atoms with Gasteiger partial charge in [0.1, 0.15) is 11.9 Å². The van der Waals surface area contributed by atoms with E-state index < -0.39 is 6.04 Å². The Labute approximate surface area is 168 Å². The van der Waals surface area contributed by atoms with Crippen LogP contribution in [0.2, 0.25) is 0 Å². The summed E-state index contributed by atoms with van der Waals surface area (Å²) in [5, 5.41) is 9.17. The molecule has 0 N–H and O–H groups in total. The molecule has 0 aliphatic carbocycles. The molecule has 0 saturated carbocycles. The van der Waals surface area contributed by atoms with Crippen LogP contribution in [0.15, 0.2) is 61.1 Å². The summed E-state index contributed by atoms with van der Waals surface area (Å²) in [4.78, 5) is 19.2. The molecule has 7 heteroatoms. The van der Waals surface area contributed by atoms with Gasteiger partial charge in [0.05, 0.1) is 30.2 Å². The molecule has 1 amide bonds. The van der Waals surface area contributed by atoms with Gasteiger partial charge in [-0.3, -0.25) is 4.79 Å². The lowest BCUT2D eigenvalue weighted by Gasteiger charge is -2.34. The highest BCUT2D eigenvalue weighted by Gasteiger charge is 2.33. The second kappa shape index (κ2) is 8.24. The highest BCUT2D eigenvalue weighted by atomic mass is 35.5. The number of carbonyl (C=O) groups excluding carboxylic acids is 1. The normalized spacial score (nSPS) is 15.5. The molecule has 28 heavy (non-hydrogen) atoms. The number of nitriles is 1. The maximum Gasteiger partial charge on any atom is 0.250 e. The summed E-state index contributed by atoms with van der Waals surface area (Å²) in [6.45, 7) is 1.01. The second-order valence-electron chi connectivity index (χ2n) is 6.57. The molecule has 1 aliphatic heterocycles. The van der Waals surface area contributed by atoms with Gasteiger partial charge >= 0.3 is 0 Å². The van der Waals surface area contributed by atoms with E-state index in [1.807, 2.05) is 10.6 Å². The van der Waals surface area contributed by atoms with Gasteiger partial charge < -0.3 is 9.47 Å². The minimum atomic E-state index is -0.530. The fraction of sp³-hybridized carbons (Fsp3) is 0.190. The largest absolute Gasteiger partial charge is 0.334 e. The van der Waals surface area contributed by atoms with E-state index in [-0.39, 0.29) is 24.1 Å². The Hall–Kier alpha value is -3.17. The maximum absolute atomic E-state index is 13.2. The molecule has 142 valence electrons. The molecule has 0 spiro atoms. The standard InChI is InChI=1S/C21H17FN4O.ClH/c22-18-6-4-15(5-7-18)8-9-25-13-19-12-24-14-26(19)20(21(25)27)17-3-1-2-16(10-17)11-23;/h1-7,10,12,14,20H,8-9,13H2;1H. The zero-order valence-corrected chi connectivity index (χ0v) is 15.8. The molecule has 2 heterocycles. The first-order valence-electron chi connectivity index (χ1n) is 8.70.